The molecule has 0 N–H and O–H groups in total. The average Bonchev–Trinajstić information content (AvgIpc) is 2.86. The molecule has 3 aromatic rings. The maximum atomic E-state index is 13.2. The zero-order valence-electron chi connectivity index (χ0n) is 21.2. The first-order valence-corrected chi connectivity index (χ1v) is 12.1. The lowest BCUT2D eigenvalue weighted by atomic mass is 9.93. The number of hydrogen-bond acceptors (Lipinski definition) is 5. The van der Waals surface area contributed by atoms with Crippen LogP contribution in [0, 0.1) is 18.7 Å². The van der Waals surface area contributed by atoms with E-state index in [2.05, 4.69) is 9.98 Å². The third kappa shape index (κ3) is 6.25. The minimum atomic E-state index is -0.251. The molecule has 1 aromatic heterocycles. The summed E-state index contributed by atoms with van der Waals surface area (Å²) in [5, 5.41) is 0. The zero-order chi connectivity index (χ0) is 25.7. The molecule has 2 aromatic carbocycles. The normalized spacial score (nSPS) is 15.8. The van der Waals surface area contributed by atoms with Gasteiger partial charge in [-0.15, -0.1) is 0 Å². The molecule has 4 rings (SSSR count). The molecular formula is C30H31FN2O3. The number of aliphatic imine (C=N–C) groups is 1. The summed E-state index contributed by atoms with van der Waals surface area (Å²) >= 11 is 0. The smallest absolute Gasteiger partial charge is 0.133 e. The summed E-state index contributed by atoms with van der Waals surface area (Å²) in [5.74, 6) is 2.32. The van der Waals surface area contributed by atoms with E-state index in [1.165, 1.54) is 12.1 Å². The summed E-state index contributed by atoms with van der Waals surface area (Å²) in [6.45, 7) is 8.06. The number of benzene rings is 2. The third-order valence-electron chi connectivity index (χ3n) is 6.47. The Morgan fingerprint density at radius 3 is 2.69 bits per heavy atom. The number of rotatable bonds is 8. The van der Waals surface area contributed by atoms with E-state index in [1.54, 1.807) is 25.3 Å². The summed E-state index contributed by atoms with van der Waals surface area (Å²) in [5.41, 5.74) is 5.76. The number of halogens is 1. The number of ketones is 1. The van der Waals surface area contributed by atoms with Gasteiger partial charge in [0.2, 0.25) is 0 Å². The fraction of sp³-hybridized carbons (Fsp3) is 0.300. The number of aryl methyl sites for hydroxylation is 1. The van der Waals surface area contributed by atoms with E-state index < -0.39 is 0 Å². The molecule has 0 amide bonds. The molecule has 0 radical (unpaired) electrons. The Morgan fingerprint density at radius 2 is 1.94 bits per heavy atom. The number of aromatic nitrogens is 1. The average molecular weight is 487 g/mol. The lowest BCUT2D eigenvalue weighted by molar-refractivity contribution is -0.116. The van der Waals surface area contributed by atoms with Gasteiger partial charge in [-0.1, -0.05) is 12.1 Å². The van der Waals surface area contributed by atoms with Crippen LogP contribution < -0.4 is 9.47 Å². The van der Waals surface area contributed by atoms with E-state index in [-0.39, 0.29) is 17.5 Å². The number of pyridine rings is 1. The van der Waals surface area contributed by atoms with Crippen molar-refractivity contribution in [2.24, 2.45) is 10.9 Å². The number of ether oxygens (including phenoxy) is 2. The SMILES string of the molecule is CC(=O)CCc1c(Oc2ccc3c(c2)CC(C(C)=N/C=C(\C)c2ccc(F)cc2)CO3)ccnc1C. The van der Waals surface area contributed by atoms with Crippen molar-refractivity contribution in [3.05, 3.63) is 89.1 Å². The van der Waals surface area contributed by atoms with Crippen molar-refractivity contribution in [2.75, 3.05) is 6.61 Å². The van der Waals surface area contributed by atoms with E-state index in [9.17, 15) is 9.18 Å². The topological polar surface area (TPSA) is 60.8 Å². The first-order valence-electron chi connectivity index (χ1n) is 12.1. The van der Waals surface area contributed by atoms with Crippen molar-refractivity contribution in [3.8, 4) is 17.2 Å². The molecule has 1 atom stereocenters. The van der Waals surface area contributed by atoms with Crippen molar-refractivity contribution in [1.82, 2.24) is 4.98 Å². The van der Waals surface area contributed by atoms with Gasteiger partial charge in [-0.25, -0.2) is 4.39 Å². The maximum absolute atomic E-state index is 13.2. The Labute approximate surface area is 211 Å². The van der Waals surface area contributed by atoms with Gasteiger partial charge in [0.15, 0.2) is 0 Å². The predicted octanol–water partition coefficient (Wildman–Crippen LogP) is 6.92. The molecule has 0 aliphatic carbocycles. The Morgan fingerprint density at radius 1 is 1.17 bits per heavy atom. The summed E-state index contributed by atoms with van der Waals surface area (Å²) in [6.07, 6.45) is 5.39. The van der Waals surface area contributed by atoms with Gasteiger partial charge >= 0.3 is 0 Å². The van der Waals surface area contributed by atoms with Gasteiger partial charge in [-0.3, -0.25) is 9.98 Å². The van der Waals surface area contributed by atoms with Gasteiger partial charge in [0.05, 0.1) is 6.61 Å². The number of carbonyl (C=O) groups excluding carboxylic acids is 1. The molecule has 0 fully saturated rings. The maximum Gasteiger partial charge on any atom is 0.133 e. The summed E-state index contributed by atoms with van der Waals surface area (Å²) < 4.78 is 25.5. The van der Waals surface area contributed by atoms with Gasteiger partial charge in [-0.2, -0.15) is 0 Å². The molecule has 0 saturated carbocycles. The van der Waals surface area contributed by atoms with E-state index in [4.69, 9.17) is 9.47 Å². The van der Waals surface area contributed by atoms with Crippen LogP contribution in [0.4, 0.5) is 4.39 Å². The largest absolute Gasteiger partial charge is 0.493 e. The molecule has 0 saturated heterocycles. The molecule has 1 unspecified atom stereocenters. The lowest BCUT2D eigenvalue weighted by Crippen LogP contribution is -2.26. The minimum Gasteiger partial charge on any atom is -0.493 e. The number of nitrogens with zero attached hydrogens (tertiary/aromatic N) is 2. The second-order valence-electron chi connectivity index (χ2n) is 9.25. The third-order valence-corrected chi connectivity index (χ3v) is 6.47. The first kappa shape index (κ1) is 25.3. The quantitative estimate of drug-likeness (QED) is 0.324. The summed E-state index contributed by atoms with van der Waals surface area (Å²) in [6, 6.07) is 14.1. The first-order chi connectivity index (χ1) is 17.3. The highest BCUT2D eigenvalue weighted by atomic mass is 19.1. The number of hydrogen-bond donors (Lipinski definition) is 0. The molecule has 186 valence electrons. The number of Topliss-reactive ketones (excluding diaryl/α,β-unsaturated/α-hetero) is 1. The fourth-order valence-electron chi connectivity index (χ4n) is 4.20. The van der Waals surface area contributed by atoms with Crippen molar-refractivity contribution < 1.29 is 18.7 Å². The van der Waals surface area contributed by atoms with Gasteiger partial charge in [0.25, 0.3) is 0 Å². The summed E-state index contributed by atoms with van der Waals surface area (Å²) in [7, 11) is 0. The van der Waals surface area contributed by atoms with Crippen LogP contribution in [0.15, 0.2) is 65.9 Å². The van der Waals surface area contributed by atoms with Crippen LogP contribution in [0.1, 0.15) is 49.6 Å². The van der Waals surface area contributed by atoms with Gasteiger partial charge < -0.3 is 14.3 Å². The predicted molar refractivity (Wildman–Crippen MR) is 140 cm³/mol. The lowest BCUT2D eigenvalue weighted by Gasteiger charge is -2.25. The van der Waals surface area contributed by atoms with Crippen LogP contribution in [0.3, 0.4) is 0 Å². The molecule has 36 heavy (non-hydrogen) atoms. The number of allylic oxidation sites excluding steroid dienone is 1. The van der Waals surface area contributed by atoms with E-state index in [0.29, 0.717) is 25.2 Å². The van der Waals surface area contributed by atoms with Crippen LogP contribution in [-0.2, 0) is 17.6 Å². The highest BCUT2D eigenvalue weighted by Crippen LogP contribution is 2.34. The molecule has 1 aliphatic rings. The monoisotopic (exact) mass is 486 g/mol. The second-order valence-corrected chi connectivity index (χ2v) is 9.25. The molecule has 1 aliphatic heterocycles. The summed E-state index contributed by atoms with van der Waals surface area (Å²) in [4.78, 5) is 20.6. The number of fused-ring (bicyclic) bond motifs is 1. The molecule has 0 bridgehead atoms. The van der Waals surface area contributed by atoms with Gasteiger partial charge in [0.1, 0.15) is 28.8 Å². The molecule has 6 heteroatoms. The minimum absolute atomic E-state index is 0.138. The zero-order valence-corrected chi connectivity index (χ0v) is 21.2. The standard InChI is InChI=1S/C30H31FN2O3/c1-19(23-6-8-26(31)9-7-23)17-33-21(3)25-15-24-16-27(10-12-29(24)35-18-25)36-30-13-14-32-22(4)28(30)11-5-20(2)34/h6-10,12-14,16-17,25H,5,11,15,18H2,1-4H3/b19-17+,33-21?. The van der Waals surface area contributed by atoms with Gasteiger partial charge in [-0.05, 0) is 93.6 Å². The van der Waals surface area contributed by atoms with Crippen LogP contribution >= 0.6 is 0 Å². The Kier molecular flexibility index (Phi) is 7.93. The highest BCUT2D eigenvalue weighted by molar-refractivity contribution is 5.86. The van der Waals surface area contributed by atoms with Crippen LogP contribution in [0.5, 0.6) is 17.2 Å². The van der Waals surface area contributed by atoms with Crippen LogP contribution in [-0.4, -0.2) is 23.1 Å². The number of carbonyl (C=O) groups is 1. The van der Waals surface area contributed by atoms with Crippen molar-refractivity contribution in [3.63, 3.8) is 0 Å². The second kappa shape index (κ2) is 11.3. The molecular weight excluding hydrogens is 455 g/mol. The van der Waals surface area contributed by atoms with E-state index >= 15 is 0 Å². The molecule has 5 nitrogen and oxygen atoms in total. The van der Waals surface area contributed by atoms with Crippen molar-refractivity contribution in [1.29, 1.82) is 0 Å². The highest BCUT2D eigenvalue weighted by Gasteiger charge is 2.23. The Hall–Kier alpha value is -3.80. The fourth-order valence-corrected chi connectivity index (χ4v) is 4.20. The molecule has 2 heterocycles. The van der Waals surface area contributed by atoms with Crippen molar-refractivity contribution >= 4 is 17.1 Å². The molecule has 0 spiro atoms. The van der Waals surface area contributed by atoms with Crippen LogP contribution in [0.2, 0.25) is 0 Å². The van der Waals surface area contributed by atoms with Crippen LogP contribution in [0.25, 0.3) is 5.57 Å². The van der Waals surface area contributed by atoms with E-state index in [1.807, 2.05) is 51.2 Å². The van der Waals surface area contributed by atoms with E-state index in [0.717, 1.165) is 51.6 Å². The Balaban J connectivity index is 1.49. The van der Waals surface area contributed by atoms with Crippen molar-refractivity contribution in [2.45, 2.75) is 47.0 Å². The van der Waals surface area contributed by atoms with Gasteiger partial charge in [0, 0.05) is 41.7 Å². The Bertz CT molecular complexity index is 1310.